The van der Waals surface area contributed by atoms with Crippen LogP contribution in [0.25, 0.3) is 16.5 Å². The summed E-state index contributed by atoms with van der Waals surface area (Å²) >= 11 is 0. The number of benzene rings is 1. The average Bonchev–Trinajstić information content (AvgIpc) is 2.68. The Kier molecular flexibility index (Phi) is 3.17. The minimum Gasteiger partial charge on any atom is -0.373 e. The molecular weight excluding hydrogens is 310 g/mol. The number of allylic oxidation sites excluding steroid dienone is 1. The van der Waals surface area contributed by atoms with Gasteiger partial charge in [0.15, 0.2) is 5.78 Å². The van der Waals surface area contributed by atoms with Crippen molar-refractivity contribution in [3.63, 3.8) is 0 Å². The topological polar surface area (TPSA) is 54.9 Å². The largest absolute Gasteiger partial charge is 0.373 e. The summed E-state index contributed by atoms with van der Waals surface area (Å²) < 4.78 is 0. The number of Topliss-reactive ketones (excluding diaryl/α,β-unsaturated/α-hetero) is 1. The Balaban J connectivity index is 1.81. The molecule has 0 bridgehead atoms. The minimum atomic E-state index is -0.127. The molecule has 1 aromatic carbocycles. The van der Waals surface area contributed by atoms with Gasteiger partial charge in [-0.25, -0.2) is 0 Å². The molecule has 2 aliphatic rings. The van der Waals surface area contributed by atoms with Gasteiger partial charge < -0.3 is 5.32 Å². The van der Waals surface area contributed by atoms with Crippen molar-refractivity contribution < 1.29 is 4.79 Å². The summed E-state index contributed by atoms with van der Waals surface area (Å²) in [4.78, 5) is 21.5. The molecule has 2 aromatic heterocycles. The van der Waals surface area contributed by atoms with E-state index in [0.29, 0.717) is 6.42 Å². The number of carbonyl (C=O) groups excluding carboxylic acids is 1. The number of fused-ring (bicyclic) bond motifs is 4. The summed E-state index contributed by atoms with van der Waals surface area (Å²) in [5.41, 5.74) is 6.30. The highest BCUT2D eigenvalue weighted by atomic mass is 16.1. The van der Waals surface area contributed by atoms with E-state index >= 15 is 0 Å². The summed E-state index contributed by atoms with van der Waals surface area (Å²) in [6.45, 7) is 0. The minimum absolute atomic E-state index is 0.127. The van der Waals surface area contributed by atoms with E-state index in [1.54, 1.807) is 6.20 Å². The van der Waals surface area contributed by atoms with Crippen LogP contribution in [0.5, 0.6) is 0 Å². The highest BCUT2D eigenvalue weighted by Gasteiger charge is 2.34. The third-order valence-electron chi connectivity index (χ3n) is 5.15. The van der Waals surface area contributed by atoms with Crippen LogP contribution in [0.2, 0.25) is 0 Å². The predicted octanol–water partition coefficient (Wildman–Crippen LogP) is 4.30. The first kappa shape index (κ1) is 14.3. The van der Waals surface area contributed by atoms with Crippen molar-refractivity contribution in [1.29, 1.82) is 0 Å². The molecule has 5 rings (SSSR count). The second kappa shape index (κ2) is 5.52. The maximum Gasteiger partial charge on any atom is 0.161 e. The molecule has 1 aliphatic carbocycles. The number of nitrogens with one attached hydrogen (secondary N) is 1. The van der Waals surface area contributed by atoms with Crippen LogP contribution in [-0.2, 0) is 4.79 Å². The molecule has 1 atom stereocenters. The van der Waals surface area contributed by atoms with Crippen molar-refractivity contribution in [3.8, 4) is 0 Å². The fourth-order valence-corrected chi connectivity index (χ4v) is 4.08. The summed E-state index contributed by atoms with van der Waals surface area (Å²) in [5.74, 6) is 0.245. The highest BCUT2D eigenvalue weighted by molar-refractivity contribution is 6.12. The van der Waals surface area contributed by atoms with Gasteiger partial charge in [0, 0.05) is 47.2 Å². The van der Waals surface area contributed by atoms with Crippen LogP contribution >= 0.6 is 0 Å². The van der Waals surface area contributed by atoms with Gasteiger partial charge in [-0.15, -0.1) is 0 Å². The molecule has 0 unspecified atom stereocenters. The summed E-state index contributed by atoms with van der Waals surface area (Å²) in [7, 11) is 0. The fraction of sp³-hybridized carbons (Fsp3) is 0.190. The quantitative estimate of drug-likeness (QED) is 0.724. The van der Waals surface area contributed by atoms with Crippen LogP contribution in [0.4, 0.5) is 5.69 Å². The number of carbonyl (C=O) groups is 1. The van der Waals surface area contributed by atoms with Crippen molar-refractivity contribution >= 4 is 27.9 Å². The maximum atomic E-state index is 12.8. The van der Waals surface area contributed by atoms with Crippen LogP contribution in [0, 0.1) is 0 Å². The molecule has 0 saturated carbocycles. The van der Waals surface area contributed by atoms with E-state index in [4.69, 9.17) is 0 Å². The van der Waals surface area contributed by atoms with Crippen molar-refractivity contribution in [1.82, 2.24) is 9.97 Å². The Bertz CT molecular complexity index is 1020. The molecule has 0 saturated heterocycles. The smallest absolute Gasteiger partial charge is 0.161 e. The Morgan fingerprint density at radius 2 is 1.96 bits per heavy atom. The fourth-order valence-electron chi connectivity index (χ4n) is 4.08. The van der Waals surface area contributed by atoms with E-state index in [-0.39, 0.29) is 11.8 Å². The standard InChI is InChI=1S/C21H17N3O/c25-18-7-1-5-15-19-14-6-3-11-23-16(14)8-9-17(19)24-21(20(15)18)13-4-2-10-22-12-13/h2-4,6,8-12,21,24H,1,5,7H2/t21-/m0/s1. The highest BCUT2D eigenvalue weighted by Crippen LogP contribution is 2.47. The number of hydrogen-bond acceptors (Lipinski definition) is 4. The molecule has 0 amide bonds. The average molecular weight is 327 g/mol. The van der Waals surface area contributed by atoms with Gasteiger partial charge in [0.1, 0.15) is 0 Å². The molecule has 1 N–H and O–H groups in total. The zero-order valence-electron chi connectivity index (χ0n) is 13.7. The number of rotatable bonds is 1. The monoisotopic (exact) mass is 327 g/mol. The second-order valence-corrected chi connectivity index (χ2v) is 6.59. The molecule has 3 heterocycles. The van der Waals surface area contributed by atoms with Gasteiger partial charge in [-0.2, -0.15) is 0 Å². The van der Waals surface area contributed by atoms with Gasteiger partial charge in [0.25, 0.3) is 0 Å². The summed E-state index contributed by atoms with van der Waals surface area (Å²) in [6, 6.07) is 12.0. The normalized spacial score (nSPS) is 19.4. The molecule has 0 spiro atoms. The number of aromatic nitrogens is 2. The van der Waals surface area contributed by atoms with E-state index < -0.39 is 0 Å². The maximum absolute atomic E-state index is 12.8. The summed E-state index contributed by atoms with van der Waals surface area (Å²) in [5, 5.41) is 4.70. The van der Waals surface area contributed by atoms with Crippen molar-refractivity contribution in [2.45, 2.75) is 25.3 Å². The third-order valence-corrected chi connectivity index (χ3v) is 5.15. The number of hydrogen-bond donors (Lipinski definition) is 1. The van der Waals surface area contributed by atoms with E-state index in [1.165, 1.54) is 5.57 Å². The van der Waals surface area contributed by atoms with Crippen molar-refractivity contribution in [3.05, 3.63) is 71.7 Å². The Hall–Kier alpha value is -3.01. The lowest BCUT2D eigenvalue weighted by molar-refractivity contribution is -0.116. The van der Waals surface area contributed by atoms with Crippen LogP contribution in [0.3, 0.4) is 0 Å². The molecule has 1 aliphatic heterocycles. The van der Waals surface area contributed by atoms with E-state index in [0.717, 1.165) is 46.1 Å². The molecule has 25 heavy (non-hydrogen) atoms. The number of anilines is 1. The van der Waals surface area contributed by atoms with Crippen molar-refractivity contribution in [2.24, 2.45) is 0 Å². The molecule has 0 fully saturated rings. The first-order valence-corrected chi connectivity index (χ1v) is 8.64. The van der Waals surface area contributed by atoms with Crippen LogP contribution in [-0.4, -0.2) is 15.8 Å². The molecule has 4 heteroatoms. The zero-order chi connectivity index (χ0) is 16.8. The van der Waals surface area contributed by atoms with Gasteiger partial charge in [-0.1, -0.05) is 12.1 Å². The number of ketones is 1. The van der Waals surface area contributed by atoms with Gasteiger partial charge in [0.2, 0.25) is 0 Å². The molecule has 122 valence electrons. The Labute approximate surface area is 145 Å². The lowest BCUT2D eigenvalue weighted by atomic mass is 9.77. The van der Waals surface area contributed by atoms with Crippen LogP contribution in [0.1, 0.15) is 36.4 Å². The van der Waals surface area contributed by atoms with E-state index in [9.17, 15) is 4.79 Å². The van der Waals surface area contributed by atoms with Gasteiger partial charge in [0.05, 0.1) is 11.6 Å². The van der Waals surface area contributed by atoms with Crippen molar-refractivity contribution in [2.75, 3.05) is 5.32 Å². The molecular formula is C21H17N3O. The zero-order valence-corrected chi connectivity index (χ0v) is 13.7. The van der Waals surface area contributed by atoms with Gasteiger partial charge in [-0.3, -0.25) is 14.8 Å². The molecule has 3 aromatic rings. The predicted molar refractivity (Wildman–Crippen MR) is 98.1 cm³/mol. The van der Waals surface area contributed by atoms with E-state index in [2.05, 4.69) is 27.4 Å². The number of pyridine rings is 2. The Morgan fingerprint density at radius 3 is 2.84 bits per heavy atom. The van der Waals surface area contributed by atoms with Crippen LogP contribution < -0.4 is 5.32 Å². The lowest BCUT2D eigenvalue weighted by Crippen LogP contribution is -2.27. The number of nitrogens with zero attached hydrogens (tertiary/aromatic N) is 2. The van der Waals surface area contributed by atoms with Gasteiger partial charge in [-0.05, 0) is 48.2 Å². The summed E-state index contributed by atoms with van der Waals surface area (Å²) in [6.07, 6.45) is 7.88. The molecule has 4 nitrogen and oxygen atoms in total. The SMILES string of the molecule is O=C1CCCC2=C1[C@H](c1cccnc1)Nc1ccc3ncccc3c12. The van der Waals surface area contributed by atoms with Gasteiger partial charge >= 0.3 is 0 Å². The molecule has 0 radical (unpaired) electrons. The first-order chi connectivity index (χ1) is 12.3. The van der Waals surface area contributed by atoms with Crippen LogP contribution in [0.15, 0.2) is 60.6 Å². The van der Waals surface area contributed by atoms with E-state index in [1.807, 2.05) is 36.7 Å². The Morgan fingerprint density at radius 1 is 1.04 bits per heavy atom. The third kappa shape index (κ3) is 2.18. The second-order valence-electron chi connectivity index (χ2n) is 6.59. The lowest BCUT2D eigenvalue weighted by Gasteiger charge is -2.34. The first-order valence-electron chi connectivity index (χ1n) is 8.64.